The molecular formula is C14H26N2. The van der Waals surface area contributed by atoms with Crippen molar-refractivity contribution >= 4 is 0 Å². The maximum absolute atomic E-state index is 3.58. The molecule has 2 heteroatoms. The van der Waals surface area contributed by atoms with Gasteiger partial charge in [0.1, 0.15) is 0 Å². The predicted molar refractivity (Wildman–Crippen MR) is 69.6 cm³/mol. The Bertz CT molecular complexity index is 207. The molecule has 0 spiro atoms. The fourth-order valence-electron chi connectivity index (χ4n) is 2.78. The van der Waals surface area contributed by atoms with Crippen molar-refractivity contribution in [1.82, 2.24) is 10.2 Å². The molecular weight excluding hydrogens is 196 g/mol. The van der Waals surface area contributed by atoms with Crippen molar-refractivity contribution in [2.75, 3.05) is 32.7 Å². The zero-order valence-electron chi connectivity index (χ0n) is 10.5. The van der Waals surface area contributed by atoms with Gasteiger partial charge in [-0.15, -0.1) is 0 Å². The van der Waals surface area contributed by atoms with Crippen LogP contribution < -0.4 is 5.32 Å². The van der Waals surface area contributed by atoms with Gasteiger partial charge in [-0.05, 0) is 77.2 Å². The van der Waals surface area contributed by atoms with Crippen molar-refractivity contribution in [2.24, 2.45) is 5.92 Å². The molecule has 0 aromatic carbocycles. The Morgan fingerprint density at radius 1 is 1.19 bits per heavy atom. The topological polar surface area (TPSA) is 15.3 Å². The van der Waals surface area contributed by atoms with Crippen molar-refractivity contribution in [1.29, 1.82) is 0 Å². The monoisotopic (exact) mass is 222 g/mol. The highest BCUT2D eigenvalue weighted by Gasteiger charge is 2.10. The van der Waals surface area contributed by atoms with Gasteiger partial charge in [0.25, 0.3) is 0 Å². The second-order valence-electron chi connectivity index (χ2n) is 5.21. The number of hydrogen-bond acceptors (Lipinski definition) is 2. The highest BCUT2D eigenvalue weighted by molar-refractivity contribution is 4.95. The number of hydrogen-bond donors (Lipinski definition) is 1. The molecule has 1 N–H and O–H groups in total. The van der Waals surface area contributed by atoms with Gasteiger partial charge in [0.15, 0.2) is 0 Å². The van der Waals surface area contributed by atoms with Crippen LogP contribution in [0.1, 0.15) is 38.5 Å². The summed E-state index contributed by atoms with van der Waals surface area (Å²) in [6.45, 7) is 6.39. The molecule has 0 aromatic heterocycles. The molecule has 92 valence electrons. The van der Waals surface area contributed by atoms with Crippen LogP contribution in [0.5, 0.6) is 0 Å². The summed E-state index contributed by atoms with van der Waals surface area (Å²) in [5.41, 5.74) is 0. The molecule has 2 nitrogen and oxygen atoms in total. The molecule has 1 unspecified atom stereocenters. The molecule has 1 aliphatic heterocycles. The van der Waals surface area contributed by atoms with Crippen molar-refractivity contribution in [3.8, 4) is 0 Å². The lowest BCUT2D eigenvalue weighted by atomic mass is 10.1. The fourth-order valence-corrected chi connectivity index (χ4v) is 2.78. The minimum absolute atomic E-state index is 0.867. The molecule has 0 radical (unpaired) electrons. The van der Waals surface area contributed by atoms with Crippen LogP contribution in [0, 0.1) is 5.92 Å². The summed E-state index contributed by atoms with van der Waals surface area (Å²) >= 11 is 0. The third kappa shape index (κ3) is 4.26. The summed E-state index contributed by atoms with van der Waals surface area (Å²) in [6.07, 6.45) is 12.9. The fraction of sp³-hybridized carbons (Fsp3) is 0.857. The van der Waals surface area contributed by atoms with E-state index in [9.17, 15) is 0 Å². The van der Waals surface area contributed by atoms with E-state index in [2.05, 4.69) is 22.4 Å². The van der Waals surface area contributed by atoms with E-state index >= 15 is 0 Å². The van der Waals surface area contributed by atoms with E-state index in [0.717, 1.165) is 5.92 Å². The zero-order valence-corrected chi connectivity index (χ0v) is 10.5. The van der Waals surface area contributed by atoms with E-state index in [-0.39, 0.29) is 0 Å². The molecule has 2 aliphatic rings. The molecule has 16 heavy (non-hydrogen) atoms. The predicted octanol–water partition coefficient (Wildman–Crippen LogP) is 2.42. The van der Waals surface area contributed by atoms with Crippen molar-refractivity contribution in [2.45, 2.75) is 38.5 Å². The van der Waals surface area contributed by atoms with Crippen LogP contribution in [0.3, 0.4) is 0 Å². The lowest BCUT2D eigenvalue weighted by Gasteiger charge is -2.14. The summed E-state index contributed by atoms with van der Waals surface area (Å²) in [6, 6.07) is 0. The van der Waals surface area contributed by atoms with Gasteiger partial charge in [0, 0.05) is 0 Å². The first-order chi connectivity index (χ1) is 7.95. The van der Waals surface area contributed by atoms with E-state index in [4.69, 9.17) is 0 Å². The van der Waals surface area contributed by atoms with Gasteiger partial charge < -0.3 is 10.2 Å². The van der Waals surface area contributed by atoms with E-state index < -0.39 is 0 Å². The average Bonchev–Trinajstić information content (AvgIpc) is 2.96. The summed E-state index contributed by atoms with van der Waals surface area (Å²) in [5, 5.41) is 3.58. The van der Waals surface area contributed by atoms with E-state index in [1.807, 2.05) is 0 Å². The quantitative estimate of drug-likeness (QED) is 0.526. The molecule has 1 atom stereocenters. The summed E-state index contributed by atoms with van der Waals surface area (Å²) in [7, 11) is 0. The average molecular weight is 222 g/mol. The lowest BCUT2D eigenvalue weighted by molar-refractivity contribution is 0.330. The third-order valence-corrected chi connectivity index (χ3v) is 3.83. The van der Waals surface area contributed by atoms with E-state index in [0.29, 0.717) is 0 Å². The van der Waals surface area contributed by atoms with Gasteiger partial charge in [0.2, 0.25) is 0 Å². The number of rotatable bonds is 7. The van der Waals surface area contributed by atoms with Gasteiger partial charge in [0.05, 0.1) is 0 Å². The first kappa shape index (κ1) is 12.1. The van der Waals surface area contributed by atoms with Crippen LogP contribution in [0.25, 0.3) is 0 Å². The van der Waals surface area contributed by atoms with Gasteiger partial charge in [-0.1, -0.05) is 12.2 Å². The molecule has 1 aliphatic carbocycles. The third-order valence-electron chi connectivity index (χ3n) is 3.83. The van der Waals surface area contributed by atoms with Crippen LogP contribution in [-0.4, -0.2) is 37.6 Å². The lowest BCUT2D eigenvalue weighted by Crippen LogP contribution is -2.25. The maximum Gasteiger partial charge on any atom is -0.000664 e. The highest BCUT2D eigenvalue weighted by Crippen LogP contribution is 2.19. The second kappa shape index (κ2) is 7.08. The van der Waals surface area contributed by atoms with Gasteiger partial charge in [-0.2, -0.15) is 0 Å². The smallest absolute Gasteiger partial charge is 0.000664 e. The molecule has 0 aromatic rings. The maximum atomic E-state index is 3.58. The Morgan fingerprint density at radius 3 is 2.81 bits per heavy atom. The summed E-state index contributed by atoms with van der Waals surface area (Å²) < 4.78 is 0. The molecule has 1 saturated heterocycles. The van der Waals surface area contributed by atoms with Gasteiger partial charge >= 0.3 is 0 Å². The molecule has 0 bridgehead atoms. The Morgan fingerprint density at radius 2 is 2.06 bits per heavy atom. The second-order valence-corrected chi connectivity index (χ2v) is 5.21. The Kier molecular flexibility index (Phi) is 5.36. The van der Waals surface area contributed by atoms with E-state index in [1.165, 1.54) is 71.2 Å². The zero-order chi connectivity index (χ0) is 11.1. The van der Waals surface area contributed by atoms with Gasteiger partial charge in [-0.25, -0.2) is 0 Å². The van der Waals surface area contributed by atoms with Crippen molar-refractivity contribution in [3.63, 3.8) is 0 Å². The van der Waals surface area contributed by atoms with Crippen LogP contribution in [0.15, 0.2) is 12.2 Å². The molecule has 1 heterocycles. The van der Waals surface area contributed by atoms with E-state index in [1.54, 1.807) is 0 Å². The minimum Gasteiger partial charge on any atom is -0.317 e. The molecule has 2 rings (SSSR count). The SMILES string of the molecule is C1=CC(CCNCCCN2CCCC2)CC1. The van der Waals surface area contributed by atoms with Crippen molar-refractivity contribution in [3.05, 3.63) is 12.2 Å². The summed E-state index contributed by atoms with van der Waals surface area (Å²) in [5.74, 6) is 0.867. The first-order valence-corrected chi connectivity index (χ1v) is 7.05. The molecule has 1 fully saturated rings. The first-order valence-electron chi connectivity index (χ1n) is 7.05. The minimum atomic E-state index is 0.867. The highest BCUT2D eigenvalue weighted by atomic mass is 15.1. The van der Waals surface area contributed by atoms with Crippen LogP contribution in [0.4, 0.5) is 0 Å². The molecule has 0 saturated carbocycles. The van der Waals surface area contributed by atoms with Crippen LogP contribution in [0.2, 0.25) is 0 Å². The Balaban J connectivity index is 1.38. The number of nitrogens with one attached hydrogen (secondary N) is 1. The standard InChI is InChI=1S/C14H26N2/c1-2-7-14(6-1)8-10-15-9-5-13-16-11-3-4-12-16/h1,6,14-15H,2-5,7-13H2. The normalized spacial score (nSPS) is 25.6. The van der Waals surface area contributed by atoms with Crippen LogP contribution >= 0.6 is 0 Å². The largest absolute Gasteiger partial charge is 0.317 e. The molecule has 0 amide bonds. The Labute approximate surface area is 100 Å². The number of allylic oxidation sites excluding steroid dienone is 2. The van der Waals surface area contributed by atoms with Crippen molar-refractivity contribution < 1.29 is 0 Å². The Hall–Kier alpha value is -0.340. The number of likely N-dealkylation sites (tertiary alicyclic amines) is 1. The summed E-state index contributed by atoms with van der Waals surface area (Å²) in [4.78, 5) is 2.60. The number of nitrogens with zero attached hydrogens (tertiary/aromatic N) is 1. The van der Waals surface area contributed by atoms with Crippen LogP contribution in [-0.2, 0) is 0 Å². The van der Waals surface area contributed by atoms with Gasteiger partial charge in [-0.3, -0.25) is 0 Å².